The highest BCUT2D eigenvalue weighted by molar-refractivity contribution is 5.59. The van der Waals surface area contributed by atoms with Crippen LogP contribution in [0.2, 0.25) is 0 Å². The fraction of sp³-hybridized carbons (Fsp3) is 0.552. The summed E-state index contributed by atoms with van der Waals surface area (Å²) in [5.74, 6) is 1.82. The highest BCUT2D eigenvalue weighted by atomic mass is 16.7. The first kappa shape index (κ1) is 26.3. The summed E-state index contributed by atoms with van der Waals surface area (Å²) in [6, 6.07) is 12.6. The first-order valence-corrected chi connectivity index (χ1v) is 13.0. The molecule has 2 aromatic rings. The number of rotatable bonds is 9. The number of benzene rings is 2. The number of aliphatic hydroxyl groups excluding tert-OH is 1. The molecule has 7 heteroatoms. The van der Waals surface area contributed by atoms with Gasteiger partial charge in [-0.05, 0) is 53.1 Å². The molecule has 2 heterocycles. The molecule has 2 aliphatic rings. The lowest BCUT2D eigenvalue weighted by molar-refractivity contribution is -0.118. The van der Waals surface area contributed by atoms with Crippen LogP contribution in [0.5, 0.6) is 11.5 Å². The zero-order valence-corrected chi connectivity index (χ0v) is 21.5. The number of hydrogen-bond acceptors (Lipinski definition) is 7. The molecular formula is C29H38O7. The summed E-state index contributed by atoms with van der Waals surface area (Å²) in [7, 11) is 0. The van der Waals surface area contributed by atoms with Crippen LogP contribution in [0.1, 0.15) is 68.4 Å². The van der Waals surface area contributed by atoms with Crippen molar-refractivity contribution in [3.63, 3.8) is 0 Å². The highest BCUT2D eigenvalue weighted by Crippen LogP contribution is 2.35. The second-order valence-corrected chi connectivity index (χ2v) is 10.1. The van der Waals surface area contributed by atoms with Gasteiger partial charge in [-0.25, -0.2) is 4.79 Å². The Labute approximate surface area is 213 Å². The van der Waals surface area contributed by atoms with E-state index in [0.717, 1.165) is 41.9 Å². The Morgan fingerprint density at radius 3 is 2.61 bits per heavy atom. The Bertz CT molecular complexity index is 1020. The largest absolute Gasteiger partial charge is 0.508 e. The molecule has 36 heavy (non-hydrogen) atoms. The molecule has 3 unspecified atom stereocenters. The maximum absolute atomic E-state index is 11.9. The summed E-state index contributed by atoms with van der Waals surface area (Å²) in [4.78, 5) is 11.9. The monoisotopic (exact) mass is 498 g/mol. The minimum atomic E-state index is -0.699. The van der Waals surface area contributed by atoms with Gasteiger partial charge in [0.05, 0.1) is 24.9 Å². The van der Waals surface area contributed by atoms with Gasteiger partial charge in [-0.3, -0.25) is 0 Å². The molecule has 0 saturated carbocycles. The van der Waals surface area contributed by atoms with Gasteiger partial charge in [0, 0.05) is 12.8 Å². The van der Waals surface area contributed by atoms with Crippen LogP contribution in [0.25, 0.3) is 0 Å². The molecule has 4 rings (SSSR count). The lowest BCUT2D eigenvalue weighted by Crippen LogP contribution is -2.35. The Hall–Kier alpha value is -2.77. The van der Waals surface area contributed by atoms with E-state index in [1.165, 1.54) is 11.1 Å². The third-order valence-corrected chi connectivity index (χ3v) is 6.42. The Morgan fingerprint density at radius 1 is 1.03 bits per heavy atom. The first-order valence-electron chi connectivity index (χ1n) is 13.0. The van der Waals surface area contributed by atoms with Crippen LogP contribution in [-0.2, 0) is 27.1 Å². The van der Waals surface area contributed by atoms with Crippen molar-refractivity contribution >= 4 is 6.16 Å². The predicted molar refractivity (Wildman–Crippen MR) is 136 cm³/mol. The molecule has 0 aliphatic carbocycles. The van der Waals surface area contributed by atoms with E-state index >= 15 is 0 Å². The van der Waals surface area contributed by atoms with Crippen molar-refractivity contribution in [3.05, 3.63) is 58.7 Å². The maximum atomic E-state index is 11.9. The number of ether oxygens (including phenoxy) is 5. The molecule has 0 radical (unpaired) electrons. The molecule has 2 aliphatic heterocycles. The van der Waals surface area contributed by atoms with Gasteiger partial charge in [0.2, 0.25) is 0 Å². The SMILES string of the molecule is CCCc1ccc(C2CC(O)CC(COC(=O)OCC(C)C)O2)cc1Cc1ccc2c(c1)OCCO2. The molecule has 1 fully saturated rings. The molecule has 0 spiro atoms. The van der Waals surface area contributed by atoms with Crippen LogP contribution in [-0.4, -0.2) is 49.9 Å². The van der Waals surface area contributed by atoms with Crippen LogP contribution in [0.3, 0.4) is 0 Å². The van der Waals surface area contributed by atoms with Gasteiger partial charge in [-0.2, -0.15) is 0 Å². The highest BCUT2D eigenvalue weighted by Gasteiger charge is 2.31. The number of fused-ring (bicyclic) bond motifs is 1. The van der Waals surface area contributed by atoms with Gasteiger partial charge in [0.1, 0.15) is 19.8 Å². The van der Waals surface area contributed by atoms with Crippen LogP contribution < -0.4 is 9.47 Å². The van der Waals surface area contributed by atoms with Gasteiger partial charge in [0.25, 0.3) is 0 Å². The zero-order chi connectivity index (χ0) is 25.5. The van der Waals surface area contributed by atoms with Gasteiger partial charge >= 0.3 is 6.16 Å². The number of aliphatic hydroxyl groups is 1. The van der Waals surface area contributed by atoms with Crippen molar-refractivity contribution in [3.8, 4) is 11.5 Å². The van der Waals surface area contributed by atoms with Crippen molar-refractivity contribution in [2.75, 3.05) is 26.4 Å². The minimum Gasteiger partial charge on any atom is -0.486 e. The van der Waals surface area contributed by atoms with Crippen molar-refractivity contribution in [1.29, 1.82) is 0 Å². The molecule has 0 aromatic heterocycles. The number of carbonyl (C=O) groups is 1. The average Bonchev–Trinajstić information content (AvgIpc) is 2.87. The Morgan fingerprint density at radius 2 is 1.83 bits per heavy atom. The first-order chi connectivity index (χ1) is 17.4. The van der Waals surface area contributed by atoms with E-state index in [1.807, 2.05) is 19.9 Å². The van der Waals surface area contributed by atoms with Gasteiger partial charge in [-0.15, -0.1) is 0 Å². The van der Waals surface area contributed by atoms with Crippen LogP contribution in [0, 0.1) is 5.92 Å². The summed E-state index contributed by atoms with van der Waals surface area (Å²) >= 11 is 0. The van der Waals surface area contributed by atoms with Crippen molar-refractivity contribution < 1.29 is 33.6 Å². The number of carbonyl (C=O) groups excluding carboxylic acids is 1. The van der Waals surface area contributed by atoms with Gasteiger partial charge in [-0.1, -0.05) is 51.5 Å². The van der Waals surface area contributed by atoms with E-state index in [9.17, 15) is 9.90 Å². The Kier molecular flexibility index (Phi) is 9.10. The summed E-state index contributed by atoms with van der Waals surface area (Å²) in [6.45, 7) is 7.62. The number of aryl methyl sites for hydroxylation is 1. The van der Waals surface area contributed by atoms with E-state index in [2.05, 4.69) is 37.3 Å². The lowest BCUT2D eigenvalue weighted by Gasteiger charge is -2.33. The van der Waals surface area contributed by atoms with E-state index in [0.29, 0.717) is 32.7 Å². The molecular weight excluding hydrogens is 460 g/mol. The lowest BCUT2D eigenvalue weighted by atomic mass is 9.90. The summed E-state index contributed by atoms with van der Waals surface area (Å²) in [5, 5.41) is 10.5. The molecule has 1 N–H and O–H groups in total. The number of hydrogen-bond donors (Lipinski definition) is 1. The second-order valence-electron chi connectivity index (χ2n) is 10.1. The topological polar surface area (TPSA) is 83.5 Å². The van der Waals surface area contributed by atoms with Gasteiger partial charge < -0.3 is 28.8 Å². The third kappa shape index (κ3) is 7.14. The zero-order valence-electron chi connectivity index (χ0n) is 21.5. The third-order valence-electron chi connectivity index (χ3n) is 6.42. The van der Waals surface area contributed by atoms with Crippen LogP contribution >= 0.6 is 0 Å². The van der Waals surface area contributed by atoms with Crippen LogP contribution in [0.4, 0.5) is 4.79 Å². The molecule has 3 atom stereocenters. The van der Waals surface area contributed by atoms with Crippen molar-refractivity contribution in [1.82, 2.24) is 0 Å². The van der Waals surface area contributed by atoms with E-state index in [4.69, 9.17) is 23.7 Å². The molecule has 7 nitrogen and oxygen atoms in total. The molecule has 0 bridgehead atoms. The van der Waals surface area contributed by atoms with Gasteiger partial charge in [0.15, 0.2) is 11.5 Å². The fourth-order valence-electron chi connectivity index (χ4n) is 4.69. The maximum Gasteiger partial charge on any atom is 0.508 e. The molecule has 1 saturated heterocycles. The summed E-state index contributed by atoms with van der Waals surface area (Å²) in [6.07, 6.45) is 1.85. The second kappa shape index (κ2) is 12.5. The normalized spacial score (nSPS) is 21.3. The predicted octanol–water partition coefficient (Wildman–Crippen LogP) is 5.39. The molecule has 2 aromatic carbocycles. The summed E-state index contributed by atoms with van der Waals surface area (Å²) in [5.41, 5.74) is 4.72. The molecule has 196 valence electrons. The van der Waals surface area contributed by atoms with E-state index in [-0.39, 0.29) is 24.7 Å². The standard InChI is InChI=1S/C29H38O7/c1-4-5-21-7-8-22(14-23(21)12-20-6-9-26-28(13-20)33-11-10-32-26)27-16-24(30)15-25(36-27)18-35-29(31)34-17-19(2)3/h6-9,13-14,19,24-25,27,30H,4-5,10-12,15-18H2,1-3H3. The fourth-order valence-corrected chi connectivity index (χ4v) is 4.69. The van der Waals surface area contributed by atoms with E-state index in [1.54, 1.807) is 0 Å². The smallest absolute Gasteiger partial charge is 0.486 e. The Balaban J connectivity index is 1.46. The summed E-state index contributed by atoms with van der Waals surface area (Å²) < 4.78 is 28.0. The quantitative estimate of drug-likeness (QED) is 0.464. The van der Waals surface area contributed by atoms with Crippen LogP contribution in [0.15, 0.2) is 36.4 Å². The molecule has 0 amide bonds. The van der Waals surface area contributed by atoms with Crippen molar-refractivity contribution in [2.45, 2.75) is 71.2 Å². The van der Waals surface area contributed by atoms with E-state index < -0.39 is 12.3 Å². The minimum absolute atomic E-state index is 0.0580. The van der Waals surface area contributed by atoms with Crippen molar-refractivity contribution in [2.24, 2.45) is 5.92 Å². The average molecular weight is 499 g/mol.